The molecule has 1 saturated heterocycles. The SMILES string of the molecule is CC(C)NS(=O)(=O)[C@@H]1CCOC[C@@H]1Cc1ccc(F)cc1. The summed E-state index contributed by atoms with van der Waals surface area (Å²) in [5.41, 5.74) is 0.927. The quantitative estimate of drug-likeness (QED) is 0.905. The maximum Gasteiger partial charge on any atom is 0.215 e. The molecule has 0 saturated carbocycles. The van der Waals surface area contributed by atoms with Crippen LogP contribution >= 0.6 is 0 Å². The zero-order valence-electron chi connectivity index (χ0n) is 12.4. The molecule has 1 N–H and O–H groups in total. The summed E-state index contributed by atoms with van der Waals surface area (Å²) in [6.07, 6.45) is 1.07. The van der Waals surface area contributed by atoms with Crippen LogP contribution in [0, 0.1) is 11.7 Å². The van der Waals surface area contributed by atoms with Gasteiger partial charge < -0.3 is 4.74 Å². The van der Waals surface area contributed by atoms with Crippen LogP contribution < -0.4 is 4.72 Å². The average Bonchev–Trinajstić information content (AvgIpc) is 2.40. The standard InChI is InChI=1S/C15H22FNO3S/c1-11(2)17-21(18,19)15-7-8-20-10-13(15)9-12-3-5-14(16)6-4-12/h3-6,11,13,15,17H,7-10H2,1-2H3/t13-,15+/m0/s1. The van der Waals surface area contributed by atoms with Gasteiger partial charge in [0.05, 0.1) is 11.9 Å². The van der Waals surface area contributed by atoms with Crippen LogP contribution in [0.4, 0.5) is 4.39 Å². The molecule has 6 heteroatoms. The van der Waals surface area contributed by atoms with E-state index < -0.39 is 15.3 Å². The number of sulfonamides is 1. The molecule has 4 nitrogen and oxygen atoms in total. The van der Waals surface area contributed by atoms with Crippen LogP contribution in [0.1, 0.15) is 25.8 Å². The molecule has 1 fully saturated rings. The molecule has 0 bridgehead atoms. The van der Waals surface area contributed by atoms with Crippen molar-refractivity contribution < 1.29 is 17.5 Å². The lowest BCUT2D eigenvalue weighted by molar-refractivity contribution is 0.0569. The molecule has 2 atom stereocenters. The van der Waals surface area contributed by atoms with E-state index in [9.17, 15) is 12.8 Å². The first-order chi connectivity index (χ1) is 9.88. The Balaban J connectivity index is 2.13. The molecule has 1 aromatic rings. The van der Waals surface area contributed by atoms with Crippen molar-refractivity contribution in [2.75, 3.05) is 13.2 Å². The highest BCUT2D eigenvalue weighted by molar-refractivity contribution is 7.90. The molecule has 2 rings (SSSR count). The zero-order chi connectivity index (χ0) is 15.5. The van der Waals surface area contributed by atoms with E-state index in [-0.39, 0.29) is 17.8 Å². The Morgan fingerprint density at radius 1 is 1.33 bits per heavy atom. The van der Waals surface area contributed by atoms with Gasteiger partial charge in [-0.1, -0.05) is 12.1 Å². The van der Waals surface area contributed by atoms with E-state index in [1.54, 1.807) is 12.1 Å². The zero-order valence-corrected chi connectivity index (χ0v) is 13.2. The third-order valence-electron chi connectivity index (χ3n) is 3.61. The molecule has 0 aromatic heterocycles. The van der Waals surface area contributed by atoms with Crippen molar-refractivity contribution in [3.05, 3.63) is 35.6 Å². The van der Waals surface area contributed by atoms with Gasteiger partial charge in [-0.3, -0.25) is 0 Å². The Kier molecular flexibility index (Phi) is 5.35. The maximum absolute atomic E-state index is 12.9. The summed E-state index contributed by atoms with van der Waals surface area (Å²) in [5, 5.41) is -0.460. The predicted octanol–water partition coefficient (Wildman–Crippen LogP) is 2.10. The van der Waals surface area contributed by atoms with Crippen LogP contribution in [0.2, 0.25) is 0 Å². The van der Waals surface area contributed by atoms with Gasteiger partial charge in [0.15, 0.2) is 0 Å². The summed E-state index contributed by atoms with van der Waals surface area (Å²) >= 11 is 0. The largest absolute Gasteiger partial charge is 0.381 e. The molecule has 0 amide bonds. The average molecular weight is 315 g/mol. The first-order valence-corrected chi connectivity index (χ1v) is 8.76. The van der Waals surface area contributed by atoms with Crippen LogP contribution in [0.25, 0.3) is 0 Å². The highest BCUT2D eigenvalue weighted by atomic mass is 32.2. The smallest absolute Gasteiger partial charge is 0.215 e. The molecule has 0 radical (unpaired) electrons. The lowest BCUT2D eigenvalue weighted by atomic mass is 9.93. The highest BCUT2D eigenvalue weighted by Crippen LogP contribution is 2.25. The van der Waals surface area contributed by atoms with Gasteiger partial charge in [-0.05, 0) is 44.4 Å². The summed E-state index contributed by atoms with van der Waals surface area (Å²) in [6.45, 7) is 4.50. The van der Waals surface area contributed by atoms with Gasteiger partial charge >= 0.3 is 0 Å². The predicted molar refractivity (Wildman–Crippen MR) is 80.0 cm³/mol. The number of hydrogen-bond donors (Lipinski definition) is 1. The number of hydrogen-bond acceptors (Lipinski definition) is 3. The normalized spacial score (nSPS) is 23.4. The minimum Gasteiger partial charge on any atom is -0.381 e. The molecule has 1 aliphatic rings. The fourth-order valence-corrected chi connectivity index (χ4v) is 4.64. The highest BCUT2D eigenvalue weighted by Gasteiger charge is 2.36. The van der Waals surface area contributed by atoms with Crippen molar-refractivity contribution in [3.63, 3.8) is 0 Å². The lowest BCUT2D eigenvalue weighted by Crippen LogP contribution is -2.46. The number of rotatable bonds is 5. The van der Waals surface area contributed by atoms with Crippen molar-refractivity contribution >= 4 is 10.0 Å². The van der Waals surface area contributed by atoms with Crippen LogP contribution in [0.3, 0.4) is 0 Å². The van der Waals surface area contributed by atoms with Gasteiger partial charge in [0.1, 0.15) is 5.82 Å². The molecule has 118 valence electrons. The summed E-state index contributed by atoms with van der Waals surface area (Å²) in [5.74, 6) is -0.398. The number of nitrogens with one attached hydrogen (secondary N) is 1. The number of halogens is 1. The van der Waals surface area contributed by atoms with Gasteiger partial charge in [0.25, 0.3) is 0 Å². The fourth-order valence-electron chi connectivity index (χ4n) is 2.72. The van der Waals surface area contributed by atoms with E-state index in [2.05, 4.69) is 4.72 Å². The van der Waals surface area contributed by atoms with Gasteiger partial charge in [0.2, 0.25) is 10.0 Å². The van der Waals surface area contributed by atoms with Crippen LogP contribution in [0.15, 0.2) is 24.3 Å². The van der Waals surface area contributed by atoms with Gasteiger partial charge in [-0.2, -0.15) is 0 Å². The monoisotopic (exact) mass is 315 g/mol. The molecule has 1 aromatic carbocycles. The Morgan fingerprint density at radius 2 is 2.00 bits per heavy atom. The van der Waals surface area contributed by atoms with E-state index in [0.29, 0.717) is 26.1 Å². The Morgan fingerprint density at radius 3 is 2.62 bits per heavy atom. The molecular formula is C15H22FNO3S. The molecule has 1 heterocycles. The van der Waals surface area contributed by atoms with Crippen molar-refractivity contribution in [2.45, 2.75) is 38.0 Å². The molecule has 21 heavy (non-hydrogen) atoms. The first-order valence-electron chi connectivity index (χ1n) is 7.22. The minimum atomic E-state index is -3.36. The van der Waals surface area contributed by atoms with Gasteiger partial charge in [0, 0.05) is 18.6 Å². The lowest BCUT2D eigenvalue weighted by Gasteiger charge is -2.32. The molecule has 0 aliphatic carbocycles. The van der Waals surface area contributed by atoms with E-state index in [4.69, 9.17) is 4.74 Å². The molecule has 1 aliphatic heterocycles. The van der Waals surface area contributed by atoms with E-state index >= 15 is 0 Å². The third-order valence-corrected chi connectivity index (χ3v) is 5.83. The van der Waals surface area contributed by atoms with Crippen LogP contribution in [0.5, 0.6) is 0 Å². The molecule has 0 unspecified atom stereocenters. The first kappa shape index (κ1) is 16.4. The van der Waals surface area contributed by atoms with Gasteiger partial charge in [-0.15, -0.1) is 0 Å². The minimum absolute atomic E-state index is 0.111. The maximum atomic E-state index is 12.9. The van der Waals surface area contributed by atoms with Crippen molar-refractivity contribution in [3.8, 4) is 0 Å². The summed E-state index contributed by atoms with van der Waals surface area (Å²) in [7, 11) is -3.36. The van der Waals surface area contributed by atoms with E-state index in [0.717, 1.165) is 5.56 Å². The number of ether oxygens (including phenoxy) is 1. The fraction of sp³-hybridized carbons (Fsp3) is 0.600. The Bertz CT molecular complexity index is 557. The Hall–Kier alpha value is -0.980. The second-order valence-corrected chi connectivity index (χ2v) is 7.74. The second kappa shape index (κ2) is 6.85. The van der Waals surface area contributed by atoms with Crippen molar-refractivity contribution in [2.24, 2.45) is 5.92 Å². The van der Waals surface area contributed by atoms with Crippen LogP contribution in [-0.2, 0) is 21.2 Å². The van der Waals surface area contributed by atoms with Crippen molar-refractivity contribution in [1.82, 2.24) is 4.72 Å². The Labute approximate surface area is 125 Å². The summed E-state index contributed by atoms with van der Waals surface area (Å²) in [4.78, 5) is 0. The van der Waals surface area contributed by atoms with E-state index in [1.807, 2.05) is 13.8 Å². The van der Waals surface area contributed by atoms with Crippen LogP contribution in [-0.4, -0.2) is 32.9 Å². The molecule has 0 spiro atoms. The van der Waals surface area contributed by atoms with Gasteiger partial charge in [-0.25, -0.2) is 17.5 Å². The third kappa shape index (κ3) is 4.49. The summed E-state index contributed by atoms with van der Waals surface area (Å²) < 4.78 is 45.9. The second-order valence-electron chi connectivity index (χ2n) is 5.81. The number of benzene rings is 1. The molecular weight excluding hydrogens is 293 g/mol. The topological polar surface area (TPSA) is 55.4 Å². The van der Waals surface area contributed by atoms with E-state index in [1.165, 1.54) is 12.1 Å². The van der Waals surface area contributed by atoms with Crippen molar-refractivity contribution in [1.29, 1.82) is 0 Å². The summed E-state index contributed by atoms with van der Waals surface area (Å²) in [6, 6.07) is 6.07.